The quantitative estimate of drug-likeness (QED) is 0.860. The van der Waals surface area contributed by atoms with Crippen molar-refractivity contribution < 1.29 is 13.2 Å². The van der Waals surface area contributed by atoms with E-state index >= 15 is 0 Å². The molecule has 0 aliphatic heterocycles. The van der Waals surface area contributed by atoms with Crippen molar-refractivity contribution in [1.29, 1.82) is 0 Å². The van der Waals surface area contributed by atoms with Gasteiger partial charge in [0.05, 0.1) is 4.90 Å². The summed E-state index contributed by atoms with van der Waals surface area (Å²) in [5.41, 5.74) is 1.89. The second-order valence-electron chi connectivity index (χ2n) is 6.50. The predicted octanol–water partition coefficient (Wildman–Crippen LogP) is 1.94. The molecule has 5 nitrogen and oxygen atoms in total. The first-order chi connectivity index (χ1) is 10.8. The molecule has 1 amide bonds. The van der Waals surface area contributed by atoms with Gasteiger partial charge in [0.1, 0.15) is 0 Å². The number of rotatable bonds is 5. The van der Waals surface area contributed by atoms with Crippen LogP contribution in [0, 0.1) is 6.92 Å². The summed E-state index contributed by atoms with van der Waals surface area (Å²) in [6, 6.07) is 6.26. The van der Waals surface area contributed by atoms with Gasteiger partial charge in [0.25, 0.3) is 0 Å². The Hall–Kier alpha value is -1.40. The molecule has 1 aromatic carbocycles. The zero-order valence-corrected chi connectivity index (χ0v) is 14.9. The van der Waals surface area contributed by atoms with Crippen molar-refractivity contribution in [1.82, 2.24) is 10.6 Å². The molecule has 1 aliphatic rings. The highest BCUT2D eigenvalue weighted by Gasteiger charge is 2.21. The lowest BCUT2D eigenvalue weighted by atomic mass is 9.91. The summed E-state index contributed by atoms with van der Waals surface area (Å²) in [6.07, 6.45) is 5.34. The normalized spacial score (nSPS) is 21.9. The predicted molar refractivity (Wildman–Crippen MR) is 91.0 cm³/mol. The first-order valence-electron chi connectivity index (χ1n) is 8.06. The monoisotopic (exact) mass is 338 g/mol. The lowest BCUT2D eigenvalue weighted by molar-refractivity contribution is -0.119. The van der Waals surface area contributed by atoms with Crippen molar-refractivity contribution in [3.8, 4) is 0 Å². The molecular weight excluding hydrogens is 312 g/mol. The lowest BCUT2D eigenvalue weighted by Gasteiger charge is -2.29. The van der Waals surface area contributed by atoms with Gasteiger partial charge in [-0.05, 0) is 49.8 Å². The second-order valence-corrected chi connectivity index (χ2v) is 8.49. The fourth-order valence-corrected chi connectivity index (χ4v) is 4.19. The highest BCUT2D eigenvalue weighted by atomic mass is 32.2. The van der Waals surface area contributed by atoms with Crippen LogP contribution in [0.2, 0.25) is 0 Å². The Morgan fingerprint density at radius 1 is 1.17 bits per heavy atom. The van der Waals surface area contributed by atoms with Crippen LogP contribution >= 0.6 is 0 Å². The van der Waals surface area contributed by atoms with Crippen molar-refractivity contribution >= 4 is 15.7 Å². The van der Waals surface area contributed by atoms with Gasteiger partial charge in [0.2, 0.25) is 5.91 Å². The molecule has 128 valence electrons. The summed E-state index contributed by atoms with van der Waals surface area (Å²) in [7, 11) is -3.16. The van der Waals surface area contributed by atoms with Crippen molar-refractivity contribution in [3.63, 3.8) is 0 Å². The maximum Gasteiger partial charge on any atom is 0.217 e. The SMILES string of the molecule is CC(=O)NC1CCC(NCc2ccc(S(C)(=O)=O)c(C)c2)CC1. The van der Waals surface area contributed by atoms with E-state index in [4.69, 9.17) is 0 Å². The van der Waals surface area contributed by atoms with Gasteiger partial charge in [-0.2, -0.15) is 0 Å². The Labute approximate surface area is 138 Å². The van der Waals surface area contributed by atoms with E-state index in [0.29, 0.717) is 17.0 Å². The van der Waals surface area contributed by atoms with Crippen LogP contribution in [0.4, 0.5) is 0 Å². The zero-order valence-electron chi connectivity index (χ0n) is 14.1. The summed E-state index contributed by atoms with van der Waals surface area (Å²) in [4.78, 5) is 11.5. The molecule has 0 atom stereocenters. The molecule has 1 aliphatic carbocycles. The average molecular weight is 338 g/mol. The Morgan fingerprint density at radius 2 is 1.78 bits per heavy atom. The van der Waals surface area contributed by atoms with E-state index in [1.165, 1.54) is 6.26 Å². The minimum Gasteiger partial charge on any atom is -0.354 e. The van der Waals surface area contributed by atoms with Gasteiger partial charge >= 0.3 is 0 Å². The Morgan fingerprint density at radius 3 is 2.30 bits per heavy atom. The number of hydrogen-bond donors (Lipinski definition) is 2. The van der Waals surface area contributed by atoms with Crippen molar-refractivity contribution in [2.24, 2.45) is 0 Å². The average Bonchev–Trinajstić information content (AvgIpc) is 2.44. The first-order valence-corrected chi connectivity index (χ1v) is 9.95. The fourth-order valence-electron chi connectivity index (χ4n) is 3.23. The highest BCUT2D eigenvalue weighted by Crippen LogP contribution is 2.20. The van der Waals surface area contributed by atoms with Crippen molar-refractivity contribution in [2.75, 3.05) is 6.26 Å². The van der Waals surface area contributed by atoms with Gasteiger partial charge in [-0.25, -0.2) is 8.42 Å². The van der Waals surface area contributed by atoms with E-state index in [2.05, 4.69) is 10.6 Å². The van der Waals surface area contributed by atoms with E-state index in [-0.39, 0.29) is 5.91 Å². The third kappa shape index (κ3) is 5.32. The van der Waals surface area contributed by atoms with Crippen LogP contribution < -0.4 is 10.6 Å². The van der Waals surface area contributed by atoms with Crippen LogP contribution in [0.25, 0.3) is 0 Å². The van der Waals surface area contributed by atoms with Gasteiger partial charge < -0.3 is 10.6 Å². The van der Waals surface area contributed by atoms with Gasteiger partial charge in [-0.1, -0.05) is 12.1 Å². The Kier molecular flexibility index (Phi) is 5.81. The van der Waals surface area contributed by atoms with Gasteiger partial charge in [-0.15, -0.1) is 0 Å². The smallest absolute Gasteiger partial charge is 0.217 e. The molecule has 0 radical (unpaired) electrons. The molecule has 0 heterocycles. The summed E-state index contributed by atoms with van der Waals surface area (Å²) in [6.45, 7) is 4.13. The molecule has 1 fully saturated rings. The minimum absolute atomic E-state index is 0.0443. The molecule has 0 spiro atoms. The number of carbonyl (C=O) groups excluding carboxylic acids is 1. The number of benzene rings is 1. The minimum atomic E-state index is -3.16. The van der Waals surface area contributed by atoms with Crippen LogP contribution in [-0.2, 0) is 21.2 Å². The largest absolute Gasteiger partial charge is 0.354 e. The zero-order chi connectivity index (χ0) is 17.0. The number of sulfone groups is 1. The molecular formula is C17H26N2O3S. The van der Waals surface area contributed by atoms with E-state index in [1.54, 1.807) is 13.0 Å². The Balaban J connectivity index is 1.85. The summed E-state index contributed by atoms with van der Waals surface area (Å²) >= 11 is 0. The molecule has 2 rings (SSSR count). The molecule has 2 N–H and O–H groups in total. The molecule has 0 bridgehead atoms. The molecule has 6 heteroatoms. The molecule has 0 aromatic heterocycles. The van der Waals surface area contributed by atoms with E-state index < -0.39 is 9.84 Å². The summed E-state index contributed by atoms with van der Waals surface area (Å²) in [5.74, 6) is 0.0443. The molecule has 1 aromatic rings. The molecule has 1 saturated carbocycles. The molecule has 0 saturated heterocycles. The lowest BCUT2D eigenvalue weighted by Crippen LogP contribution is -2.41. The fraction of sp³-hybridized carbons (Fsp3) is 0.588. The first kappa shape index (κ1) is 17.9. The van der Waals surface area contributed by atoms with Crippen molar-refractivity contribution in [3.05, 3.63) is 29.3 Å². The van der Waals surface area contributed by atoms with E-state index in [9.17, 15) is 13.2 Å². The van der Waals surface area contributed by atoms with Crippen LogP contribution in [0.15, 0.2) is 23.1 Å². The maximum atomic E-state index is 11.6. The maximum absolute atomic E-state index is 11.6. The topological polar surface area (TPSA) is 75.3 Å². The number of aryl methyl sites for hydroxylation is 1. The van der Waals surface area contributed by atoms with Crippen LogP contribution in [0.5, 0.6) is 0 Å². The highest BCUT2D eigenvalue weighted by molar-refractivity contribution is 7.90. The molecule has 0 unspecified atom stereocenters. The van der Waals surface area contributed by atoms with E-state index in [1.807, 2.05) is 19.1 Å². The molecule has 23 heavy (non-hydrogen) atoms. The number of carbonyl (C=O) groups is 1. The Bertz CT molecular complexity index is 662. The van der Waals surface area contributed by atoms with Gasteiger partial charge in [0, 0.05) is 31.8 Å². The van der Waals surface area contributed by atoms with Gasteiger partial charge in [0.15, 0.2) is 9.84 Å². The standard InChI is InChI=1S/C17H26N2O3S/c1-12-10-14(4-9-17(12)23(3,21)22)11-18-15-5-7-16(8-6-15)19-13(2)20/h4,9-10,15-16,18H,5-8,11H2,1-3H3,(H,19,20). The third-order valence-corrected chi connectivity index (χ3v) is 5.63. The van der Waals surface area contributed by atoms with Crippen LogP contribution in [0.3, 0.4) is 0 Å². The number of nitrogens with one attached hydrogen (secondary N) is 2. The number of amides is 1. The summed E-state index contributed by atoms with van der Waals surface area (Å²) < 4.78 is 23.3. The van der Waals surface area contributed by atoms with Crippen LogP contribution in [0.1, 0.15) is 43.7 Å². The number of hydrogen-bond acceptors (Lipinski definition) is 4. The van der Waals surface area contributed by atoms with E-state index in [0.717, 1.165) is 43.4 Å². The summed E-state index contributed by atoms with van der Waals surface area (Å²) in [5, 5.41) is 6.52. The third-order valence-electron chi connectivity index (χ3n) is 4.37. The second kappa shape index (κ2) is 7.45. The van der Waals surface area contributed by atoms with Gasteiger partial charge in [-0.3, -0.25) is 4.79 Å². The van der Waals surface area contributed by atoms with Crippen LogP contribution in [-0.4, -0.2) is 32.7 Å². The van der Waals surface area contributed by atoms with Crippen molar-refractivity contribution in [2.45, 2.75) is 63.1 Å².